The first-order valence-corrected chi connectivity index (χ1v) is 5.66. The summed E-state index contributed by atoms with van der Waals surface area (Å²) in [6.07, 6.45) is 2.40. The lowest BCUT2D eigenvalue weighted by Crippen LogP contribution is -2.06. The van der Waals surface area contributed by atoms with Crippen molar-refractivity contribution in [2.45, 2.75) is 0 Å². The predicted molar refractivity (Wildman–Crippen MR) is 71.9 cm³/mol. The molecule has 0 radical (unpaired) electrons. The second-order valence-corrected chi connectivity index (χ2v) is 3.87. The molecule has 0 aliphatic rings. The molecule has 2 rings (SSSR count). The normalized spacial score (nSPS) is 9.95. The Morgan fingerprint density at radius 1 is 1.38 bits per heavy atom. The third-order valence-corrected chi connectivity index (χ3v) is 2.52. The van der Waals surface area contributed by atoms with Crippen molar-refractivity contribution in [1.29, 1.82) is 0 Å². The van der Waals surface area contributed by atoms with Gasteiger partial charge in [0.15, 0.2) is 0 Å². The van der Waals surface area contributed by atoms with Crippen LogP contribution in [0.2, 0.25) is 0 Å². The lowest BCUT2D eigenvalue weighted by Gasteiger charge is -2.08. The van der Waals surface area contributed by atoms with Crippen LogP contribution in [0.3, 0.4) is 0 Å². The highest BCUT2D eigenvalue weighted by molar-refractivity contribution is 5.94. The predicted octanol–water partition coefficient (Wildman–Crippen LogP) is 1.84. The minimum absolute atomic E-state index is 0.0138. The number of methoxy groups -OCH3 is 1. The molecule has 108 valence electrons. The second-order valence-electron chi connectivity index (χ2n) is 3.87. The van der Waals surface area contributed by atoms with Crippen molar-refractivity contribution in [3.8, 4) is 5.88 Å². The van der Waals surface area contributed by atoms with Gasteiger partial charge in [0.1, 0.15) is 17.6 Å². The Balaban J connectivity index is 2.34. The monoisotopic (exact) mass is 290 g/mol. The van der Waals surface area contributed by atoms with E-state index in [0.29, 0.717) is 11.6 Å². The van der Waals surface area contributed by atoms with E-state index in [1.807, 2.05) is 0 Å². The first-order chi connectivity index (χ1) is 10.0. The van der Waals surface area contributed by atoms with E-state index in [0.717, 1.165) is 12.3 Å². The third kappa shape index (κ3) is 3.21. The molecule has 9 heteroatoms. The maximum atomic E-state index is 11.1. The van der Waals surface area contributed by atoms with Gasteiger partial charge >= 0.3 is 5.97 Å². The molecule has 0 bridgehead atoms. The largest absolute Gasteiger partial charge is 0.481 e. The number of ether oxygens (including phenoxy) is 1. The first-order valence-electron chi connectivity index (χ1n) is 5.66. The molecule has 0 saturated carbocycles. The van der Waals surface area contributed by atoms with Gasteiger partial charge in [-0.15, -0.1) is 0 Å². The number of hydrogen-bond donors (Lipinski definition) is 2. The summed E-state index contributed by atoms with van der Waals surface area (Å²) in [6, 6.07) is 4.13. The van der Waals surface area contributed by atoms with E-state index in [-0.39, 0.29) is 11.4 Å². The SMILES string of the molecule is COc1ccc(Nc2ncc([N+](=O)[O-])cc2C(=O)O)cn1. The van der Waals surface area contributed by atoms with Crippen LogP contribution in [-0.2, 0) is 0 Å². The first kappa shape index (κ1) is 14.2. The molecule has 0 aliphatic heterocycles. The number of nitrogens with zero attached hydrogens (tertiary/aromatic N) is 3. The molecule has 2 N–H and O–H groups in total. The molecule has 0 saturated heterocycles. The summed E-state index contributed by atoms with van der Waals surface area (Å²) in [5.74, 6) is -0.939. The molecule has 0 unspecified atom stereocenters. The Labute approximate surface area is 118 Å². The molecule has 0 amide bonds. The van der Waals surface area contributed by atoms with Crippen molar-refractivity contribution in [1.82, 2.24) is 9.97 Å². The van der Waals surface area contributed by atoms with Crippen LogP contribution in [0.5, 0.6) is 5.88 Å². The van der Waals surface area contributed by atoms with E-state index in [4.69, 9.17) is 9.84 Å². The van der Waals surface area contributed by atoms with E-state index >= 15 is 0 Å². The molecule has 2 aromatic heterocycles. The van der Waals surface area contributed by atoms with Crippen molar-refractivity contribution >= 4 is 23.2 Å². The Bertz CT molecular complexity index is 687. The molecule has 2 heterocycles. The van der Waals surface area contributed by atoms with Gasteiger partial charge in [0.2, 0.25) is 5.88 Å². The molecule has 9 nitrogen and oxygen atoms in total. The van der Waals surface area contributed by atoms with Gasteiger partial charge in [-0.3, -0.25) is 10.1 Å². The molecule has 0 fully saturated rings. The zero-order valence-corrected chi connectivity index (χ0v) is 10.8. The van der Waals surface area contributed by atoms with Crippen LogP contribution in [0.15, 0.2) is 30.6 Å². The van der Waals surface area contributed by atoms with Gasteiger partial charge in [0.25, 0.3) is 5.69 Å². The van der Waals surface area contributed by atoms with Gasteiger partial charge < -0.3 is 15.2 Å². The van der Waals surface area contributed by atoms with Crippen molar-refractivity contribution in [2.24, 2.45) is 0 Å². The number of carbonyl (C=O) groups is 1. The van der Waals surface area contributed by atoms with Crippen molar-refractivity contribution < 1.29 is 19.6 Å². The van der Waals surface area contributed by atoms with Gasteiger partial charge in [-0.2, -0.15) is 0 Å². The van der Waals surface area contributed by atoms with Gasteiger partial charge in [-0.05, 0) is 6.07 Å². The summed E-state index contributed by atoms with van der Waals surface area (Å²) in [5.41, 5.74) is -0.231. The average Bonchev–Trinajstić information content (AvgIpc) is 2.48. The highest BCUT2D eigenvalue weighted by Gasteiger charge is 2.17. The van der Waals surface area contributed by atoms with Crippen LogP contribution in [0.4, 0.5) is 17.2 Å². The smallest absolute Gasteiger partial charge is 0.339 e. The van der Waals surface area contributed by atoms with Gasteiger partial charge in [0.05, 0.1) is 23.9 Å². The summed E-state index contributed by atoms with van der Waals surface area (Å²) in [4.78, 5) is 28.8. The molecule has 0 spiro atoms. The maximum absolute atomic E-state index is 11.1. The van der Waals surface area contributed by atoms with E-state index in [1.165, 1.54) is 13.3 Å². The summed E-state index contributed by atoms with van der Waals surface area (Å²) in [5, 5.41) is 22.5. The topological polar surface area (TPSA) is 127 Å². The second kappa shape index (κ2) is 5.82. The number of nitrogens with one attached hydrogen (secondary N) is 1. The Morgan fingerprint density at radius 2 is 2.14 bits per heavy atom. The lowest BCUT2D eigenvalue weighted by atomic mass is 10.2. The van der Waals surface area contributed by atoms with Crippen LogP contribution in [0.1, 0.15) is 10.4 Å². The van der Waals surface area contributed by atoms with Crippen molar-refractivity contribution in [3.05, 3.63) is 46.3 Å². The molecule has 0 aliphatic carbocycles. The number of carboxylic acids is 1. The molecule has 21 heavy (non-hydrogen) atoms. The fraction of sp³-hybridized carbons (Fsp3) is 0.0833. The van der Waals surface area contributed by atoms with E-state index in [9.17, 15) is 14.9 Å². The van der Waals surface area contributed by atoms with Crippen molar-refractivity contribution in [3.63, 3.8) is 0 Å². The van der Waals surface area contributed by atoms with Gasteiger partial charge in [0, 0.05) is 12.1 Å². The molecule has 2 aromatic rings. The average molecular weight is 290 g/mol. The number of aromatic nitrogens is 2. The Morgan fingerprint density at radius 3 is 2.67 bits per heavy atom. The van der Waals surface area contributed by atoms with Gasteiger partial charge in [-0.1, -0.05) is 0 Å². The quantitative estimate of drug-likeness (QED) is 0.630. The Hall–Kier alpha value is -3.23. The van der Waals surface area contributed by atoms with Crippen LogP contribution in [0, 0.1) is 10.1 Å². The summed E-state index contributed by atoms with van der Waals surface area (Å²) < 4.78 is 4.90. The van der Waals surface area contributed by atoms with E-state index in [2.05, 4.69) is 15.3 Å². The molecule has 0 aromatic carbocycles. The van der Waals surface area contributed by atoms with Crippen LogP contribution >= 0.6 is 0 Å². The van der Waals surface area contributed by atoms with E-state index < -0.39 is 16.6 Å². The number of anilines is 2. The fourth-order valence-corrected chi connectivity index (χ4v) is 1.53. The number of aromatic carboxylic acids is 1. The minimum Gasteiger partial charge on any atom is -0.481 e. The number of nitro groups is 1. The Kier molecular flexibility index (Phi) is 3.93. The highest BCUT2D eigenvalue weighted by Crippen LogP contribution is 2.23. The minimum atomic E-state index is -1.32. The zero-order valence-electron chi connectivity index (χ0n) is 10.8. The zero-order chi connectivity index (χ0) is 15.4. The molecular weight excluding hydrogens is 280 g/mol. The van der Waals surface area contributed by atoms with Gasteiger partial charge in [-0.25, -0.2) is 14.8 Å². The van der Waals surface area contributed by atoms with Crippen LogP contribution in [0.25, 0.3) is 0 Å². The standard InChI is InChI=1S/C12H10N4O5/c1-21-10-3-2-7(5-13-10)15-11-9(12(17)18)4-8(6-14-11)16(19)20/h2-6H,1H3,(H,14,15)(H,17,18). The molecular formula is C12H10N4O5. The lowest BCUT2D eigenvalue weighted by molar-refractivity contribution is -0.385. The third-order valence-electron chi connectivity index (χ3n) is 2.52. The van der Waals surface area contributed by atoms with Crippen molar-refractivity contribution in [2.75, 3.05) is 12.4 Å². The number of hydrogen-bond acceptors (Lipinski definition) is 7. The summed E-state index contributed by atoms with van der Waals surface area (Å²) in [7, 11) is 1.47. The van der Waals surface area contributed by atoms with E-state index in [1.54, 1.807) is 12.1 Å². The summed E-state index contributed by atoms with van der Waals surface area (Å²) >= 11 is 0. The van der Waals surface area contributed by atoms with Crippen LogP contribution in [-0.4, -0.2) is 33.1 Å². The highest BCUT2D eigenvalue weighted by atomic mass is 16.6. The summed E-state index contributed by atoms with van der Waals surface area (Å²) in [6.45, 7) is 0. The molecule has 0 atom stereocenters. The van der Waals surface area contributed by atoms with Crippen LogP contribution < -0.4 is 10.1 Å². The fourth-order valence-electron chi connectivity index (χ4n) is 1.53. The number of rotatable bonds is 5. The maximum Gasteiger partial charge on any atom is 0.339 e. The number of carboxylic acid groups (broad SMARTS) is 1. The number of pyridine rings is 2.